The summed E-state index contributed by atoms with van der Waals surface area (Å²) >= 11 is 2.58. The Morgan fingerprint density at radius 3 is 2.45 bits per heavy atom. The minimum atomic E-state index is -0.545. The molecular weight excluding hydrogens is 605 g/mol. The van der Waals surface area contributed by atoms with Gasteiger partial charge in [0.25, 0.3) is 11.8 Å². The van der Waals surface area contributed by atoms with Gasteiger partial charge in [0.15, 0.2) is 0 Å². The first-order valence-electron chi connectivity index (χ1n) is 14.1. The van der Waals surface area contributed by atoms with Crippen LogP contribution >= 0.6 is 22.7 Å². The number of rotatable bonds is 5. The molecule has 0 aliphatic carbocycles. The Balaban J connectivity index is 1.44. The lowest BCUT2D eigenvalue weighted by Crippen LogP contribution is -2.44. The van der Waals surface area contributed by atoms with Gasteiger partial charge in [-0.2, -0.15) is 0 Å². The molecule has 3 aromatic heterocycles. The predicted octanol–water partition coefficient (Wildman–Crippen LogP) is 1.78. The summed E-state index contributed by atoms with van der Waals surface area (Å²) in [5.74, 6) is -1.50. The van der Waals surface area contributed by atoms with E-state index in [0.717, 1.165) is 5.56 Å². The van der Waals surface area contributed by atoms with Gasteiger partial charge >= 0.3 is 0 Å². The molecule has 0 radical (unpaired) electrons. The van der Waals surface area contributed by atoms with Crippen LogP contribution in [0.2, 0.25) is 0 Å². The monoisotopic (exact) mass is 636 g/mol. The maximum atomic E-state index is 13.4. The Morgan fingerprint density at radius 1 is 1.00 bits per heavy atom. The summed E-state index contributed by atoms with van der Waals surface area (Å²) in [7, 11) is 0. The number of hydrogen-bond donors (Lipinski definition) is 3. The van der Waals surface area contributed by atoms with Crippen molar-refractivity contribution >= 4 is 46.3 Å². The molecule has 3 N–H and O–H groups in total. The summed E-state index contributed by atoms with van der Waals surface area (Å²) in [6.45, 7) is 4.01. The van der Waals surface area contributed by atoms with E-state index >= 15 is 0 Å². The maximum absolute atomic E-state index is 13.4. The van der Waals surface area contributed by atoms with Gasteiger partial charge in [0.2, 0.25) is 11.8 Å². The van der Waals surface area contributed by atoms with Crippen LogP contribution in [0.25, 0.3) is 0 Å². The molecule has 1 aromatic carbocycles. The zero-order chi connectivity index (χ0) is 31.1. The molecule has 4 bridgehead atoms. The summed E-state index contributed by atoms with van der Waals surface area (Å²) in [5, 5.41) is 24.2. The predicted molar refractivity (Wildman–Crippen MR) is 162 cm³/mol. The number of benzene rings is 1. The zero-order valence-electron chi connectivity index (χ0n) is 24.2. The molecule has 230 valence electrons. The highest BCUT2D eigenvalue weighted by Crippen LogP contribution is 2.27. The first-order chi connectivity index (χ1) is 21.3. The first kappa shape index (κ1) is 30.9. The van der Waals surface area contributed by atoms with E-state index in [9.17, 15) is 19.2 Å². The number of tetrazole rings is 1. The standard InChI is InChI=1S/C28H32N10O4S2/c1-17(2)24-28-33-20(14-44-28)25(41)29-9-6-10-37(23(40)13-38-16-30-35-36-38)12-22(39)31-19(11-18-7-4-3-5-8-18)27-32-21(15-43-27)26(42)34-24/h3-5,7-8,14-17,19,24H,6,9-13H2,1-2H3,(H,29,41)(H,31,39)(H,34,42)/t19-,24-/m0/s1. The molecule has 44 heavy (non-hydrogen) atoms. The third-order valence-electron chi connectivity index (χ3n) is 6.91. The fourth-order valence-corrected chi connectivity index (χ4v) is 6.49. The van der Waals surface area contributed by atoms with Crippen LogP contribution in [-0.2, 0) is 22.6 Å². The molecule has 0 saturated heterocycles. The second-order valence-electron chi connectivity index (χ2n) is 10.6. The lowest BCUT2D eigenvalue weighted by Gasteiger charge is -2.24. The Labute approximate surface area is 261 Å². The minimum Gasteiger partial charge on any atom is -0.351 e. The van der Waals surface area contributed by atoms with E-state index in [2.05, 4.69) is 41.4 Å². The quantitative estimate of drug-likeness (QED) is 0.295. The molecule has 1 aliphatic heterocycles. The van der Waals surface area contributed by atoms with Gasteiger partial charge in [-0.1, -0.05) is 44.2 Å². The molecular formula is C28H32N10O4S2. The highest BCUT2D eigenvalue weighted by molar-refractivity contribution is 7.10. The number of amides is 4. The number of carbonyl (C=O) groups is 4. The second-order valence-corrected chi connectivity index (χ2v) is 12.4. The van der Waals surface area contributed by atoms with E-state index < -0.39 is 18.0 Å². The summed E-state index contributed by atoms with van der Waals surface area (Å²) in [6.07, 6.45) is 2.15. The fraction of sp³-hybridized carbons (Fsp3) is 0.393. The van der Waals surface area contributed by atoms with Crippen LogP contribution in [0.4, 0.5) is 0 Å². The zero-order valence-corrected chi connectivity index (χ0v) is 25.8. The molecule has 4 amide bonds. The molecule has 1 aliphatic rings. The average Bonchev–Trinajstić information content (AvgIpc) is 3.79. The van der Waals surface area contributed by atoms with Crippen molar-refractivity contribution in [1.29, 1.82) is 0 Å². The Bertz CT molecular complexity index is 1590. The van der Waals surface area contributed by atoms with Gasteiger partial charge in [0, 0.05) is 23.8 Å². The summed E-state index contributed by atoms with van der Waals surface area (Å²) < 4.78 is 1.28. The van der Waals surface area contributed by atoms with E-state index in [1.165, 1.54) is 38.6 Å². The average molecular weight is 637 g/mol. The number of hydrogen-bond acceptors (Lipinski definition) is 11. The maximum Gasteiger partial charge on any atom is 0.271 e. The van der Waals surface area contributed by atoms with Crippen LogP contribution in [0.15, 0.2) is 47.4 Å². The Hall–Kier alpha value is -4.57. The normalized spacial score (nSPS) is 18.5. The smallest absolute Gasteiger partial charge is 0.271 e. The van der Waals surface area contributed by atoms with Crippen LogP contribution in [0.3, 0.4) is 0 Å². The summed E-state index contributed by atoms with van der Waals surface area (Å²) in [4.78, 5) is 63.3. The van der Waals surface area contributed by atoms with Crippen molar-refractivity contribution in [2.24, 2.45) is 5.92 Å². The third kappa shape index (κ3) is 7.87. The lowest BCUT2D eigenvalue weighted by molar-refractivity contribution is -0.137. The molecule has 5 rings (SSSR count). The SMILES string of the molecule is CC(C)[C@@H]1NC(=O)c2csc(n2)[C@H](Cc2ccccc2)NC(=O)CN(C(=O)Cn2cnnn2)CCCNC(=O)c2csc1n2. The fourth-order valence-electron chi connectivity index (χ4n) is 4.62. The van der Waals surface area contributed by atoms with Crippen molar-refractivity contribution in [1.82, 2.24) is 51.0 Å². The van der Waals surface area contributed by atoms with Crippen molar-refractivity contribution in [3.8, 4) is 0 Å². The molecule has 0 spiro atoms. The number of nitrogens with one attached hydrogen (secondary N) is 3. The highest BCUT2D eigenvalue weighted by atomic mass is 32.1. The lowest BCUT2D eigenvalue weighted by atomic mass is 10.0. The van der Waals surface area contributed by atoms with E-state index in [1.54, 1.807) is 10.8 Å². The van der Waals surface area contributed by atoms with Gasteiger partial charge < -0.3 is 20.9 Å². The van der Waals surface area contributed by atoms with Gasteiger partial charge in [-0.3, -0.25) is 19.2 Å². The van der Waals surface area contributed by atoms with Crippen LogP contribution in [-0.4, -0.2) is 78.3 Å². The van der Waals surface area contributed by atoms with Crippen LogP contribution in [0.1, 0.15) is 68.9 Å². The summed E-state index contributed by atoms with van der Waals surface area (Å²) in [6, 6.07) is 8.66. The van der Waals surface area contributed by atoms with Crippen LogP contribution in [0.5, 0.6) is 0 Å². The summed E-state index contributed by atoms with van der Waals surface area (Å²) in [5.41, 5.74) is 1.43. The highest BCUT2D eigenvalue weighted by Gasteiger charge is 2.27. The Kier molecular flexibility index (Phi) is 10.0. The van der Waals surface area contributed by atoms with E-state index in [-0.39, 0.29) is 61.2 Å². The largest absolute Gasteiger partial charge is 0.351 e. The van der Waals surface area contributed by atoms with Gasteiger partial charge in [0.1, 0.15) is 34.3 Å². The molecule has 4 heterocycles. The molecule has 14 nitrogen and oxygen atoms in total. The Morgan fingerprint density at radius 2 is 1.73 bits per heavy atom. The van der Waals surface area contributed by atoms with Crippen molar-refractivity contribution in [2.75, 3.05) is 19.6 Å². The van der Waals surface area contributed by atoms with Crippen molar-refractivity contribution in [3.05, 3.63) is 74.4 Å². The molecule has 16 heteroatoms. The van der Waals surface area contributed by atoms with Gasteiger partial charge in [-0.15, -0.1) is 27.8 Å². The molecule has 4 aromatic rings. The number of fused-ring (bicyclic) bond motifs is 4. The minimum absolute atomic E-state index is 0.00448. The van der Waals surface area contributed by atoms with Crippen LogP contribution in [0, 0.1) is 5.92 Å². The molecule has 2 atom stereocenters. The van der Waals surface area contributed by atoms with Crippen molar-refractivity contribution in [3.63, 3.8) is 0 Å². The number of thiazole rings is 2. The third-order valence-corrected chi connectivity index (χ3v) is 8.80. The van der Waals surface area contributed by atoms with Gasteiger partial charge in [-0.25, -0.2) is 14.6 Å². The molecule has 0 unspecified atom stereocenters. The first-order valence-corrected chi connectivity index (χ1v) is 15.8. The van der Waals surface area contributed by atoms with Crippen molar-refractivity contribution in [2.45, 2.75) is 45.3 Å². The second kappa shape index (κ2) is 14.3. The van der Waals surface area contributed by atoms with Crippen LogP contribution < -0.4 is 16.0 Å². The van der Waals surface area contributed by atoms with Gasteiger partial charge in [0.05, 0.1) is 18.6 Å². The van der Waals surface area contributed by atoms with E-state index in [4.69, 9.17) is 0 Å². The number of carbonyl (C=O) groups excluding carboxylic acids is 4. The van der Waals surface area contributed by atoms with Crippen molar-refractivity contribution < 1.29 is 19.2 Å². The molecule has 0 fully saturated rings. The molecule has 0 saturated carbocycles. The van der Waals surface area contributed by atoms with E-state index in [1.807, 2.05) is 44.2 Å². The number of nitrogens with zero attached hydrogens (tertiary/aromatic N) is 7. The van der Waals surface area contributed by atoms with Gasteiger partial charge in [-0.05, 0) is 34.7 Å². The van der Waals surface area contributed by atoms with E-state index in [0.29, 0.717) is 22.9 Å². The number of aromatic nitrogens is 6. The topological polar surface area (TPSA) is 177 Å².